The summed E-state index contributed by atoms with van der Waals surface area (Å²) in [5, 5.41) is 16.5. The Morgan fingerprint density at radius 2 is 2.10 bits per heavy atom. The second kappa shape index (κ2) is 10.6. The summed E-state index contributed by atoms with van der Waals surface area (Å²) in [4.78, 5) is 27.6. The Kier molecular flexibility index (Phi) is 7.86. The molecule has 0 saturated carbocycles. The third-order valence-electron chi connectivity index (χ3n) is 5.61. The number of benzene rings is 1. The van der Waals surface area contributed by atoms with Crippen LogP contribution in [-0.4, -0.2) is 49.1 Å². The molecule has 31 heavy (non-hydrogen) atoms. The van der Waals surface area contributed by atoms with E-state index in [1.165, 1.54) is 24.1 Å². The average Bonchev–Trinajstić information content (AvgIpc) is 3.29. The molecule has 1 aromatic heterocycles. The summed E-state index contributed by atoms with van der Waals surface area (Å²) < 4.78 is 10.7. The second-order valence-corrected chi connectivity index (χ2v) is 8.65. The molecule has 168 valence electrons. The van der Waals surface area contributed by atoms with Gasteiger partial charge in [0, 0.05) is 17.5 Å². The number of amides is 1. The largest absolute Gasteiger partial charge is 0.493 e. The Morgan fingerprint density at radius 3 is 2.68 bits per heavy atom. The zero-order valence-corrected chi connectivity index (χ0v) is 18.9. The molecule has 1 aliphatic rings. The molecular weight excluding hydrogens is 418 g/mol. The van der Waals surface area contributed by atoms with E-state index in [0.717, 1.165) is 25.9 Å². The number of methoxy groups -OCH3 is 1. The van der Waals surface area contributed by atoms with E-state index in [1.54, 1.807) is 18.3 Å². The monoisotopic (exact) mass is 447 g/mol. The molecule has 1 saturated heterocycles. The predicted molar refractivity (Wildman–Crippen MR) is 120 cm³/mol. The third-order valence-corrected chi connectivity index (χ3v) is 6.58. The van der Waals surface area contributed by atoms with Gasteiger partial charge >= 0.3 is 0 Å². The minimum Gasteiger partial charge on any atom is -0.493 e. The molecule has 8 nitrogen and oxygen atoms in total. The molecule has 2 aromatic rings. The minimum atomic E-state index is -0.573. The van der Waals surface area contributed by atoms with Gasteiger partial charge in [-0.15, -0.1) is 11.3 Å². The molecule has 1 aromatic carbocycles. The van der Waals surface area contributed by atoms with Crippen molar-refractivity contribution in [1.29, 1.82) is 0 Å². The lowest BCUT2D eigenvalue weighted by atomic mass is 9.97. The van der Waals surface area contributed by atoms with Crippen LogP contribution in [0.1, 0.15) is 48.0 Å². The number of thiophene rings is 1. The second-order valence-electron chi connectivity index (χ2n) is 7.67. The highest BCUT2D eigenvalue weighted by molar-refractivity contribution is 7.10. The summed E-state index contributed by atoms with van der Waals surface area (Å²) in [6.45, 7) is 6.72. The SMILES string of the molecule is CCOc1cc(C(=O)NCC(c2cccs2)N2CCC(C)CC2)c([N+](=O)[O-])cc1OC. The van der Waals surface area contributed by atoms with E-state index in [0.29, 0.717) is 24.8 Å². The fourth-order valence-electron chi connectivity index (χ4n) is 3.83. The Bertz CT molecular complexity index is 895. The highest BCUT2D eigenvalue weighted by atomic mass is 32.1. The number of hydrogen-bond donors (Lipinski definition) is 1. The van der Waals surface area contributed by atoms with E-state index < -0.39 is 10.8 Å². The molecule has 1 unspecified atom stereocenters. The van der Waals surface area contributed by atoms with Crippen LogP contribution in [0.15, 0.2) is 29.6 Å². The number of rotatable bonds is 9. The summed E-state index contributed by atoms with van der Waals surface area (Å²) in [5.74, 6) is 0.737. The molecular formula is C22H29N3O5S. The molecule has 1 aliphatic heterocycles. The van der Waals surface area contributed by atoms with Crippen molar-refractivity contribution in [2.45, 2.75) is 32.7 Å². The van der Waals surface area contributed by atoms with E-state index in [9.17, 15) is 14.9 Å². The zero-order valence-electron chi connectivity index (χ0n) is 18.1. The number of nitrogens with zero attached hydrogens (tertiary/aromatic N) is 2. The van der Waals surface area contributed by atoms with Crippen molar-refractivity contribution < 1.29 is 19.2 Å². The average molecular weight is 448 g/mol. The first kappa shape index (κ1) is 23.0. The van der Waals surface area contributed by atoms with Crippen LogP contribution < -0.4 is 14.8 Å². The van der Waals surface area contributed by atoms with Gasteiger partial charge in [0.15, 0.2) is 11.5 Å². The Hall–Kier alpha value is -2.65. The van der Waals surface area contributed by atoms with Crippen LogP contribution in [0.4, 0.5) is 5.69 Å². The molecule has 0 spiro atoms. The van der Waals surface area contributed by atoms with Gasteiger partial charge in [0.1, 0.15) is 5.56 Å². The fourth-order valence-corrected chi connectivity index (χ4v) is 4.69. The standard InChI is InChI=1S/C22H29N3O5S/c1-4-30-20-12-16(17(25(27)28)13-19(20)29-3)22(26)23-14-18(21-6-5-11-31-21)24-9-7-15(2)8-10-24/h5-6,11-13,15,18H,4,7-10,14H2,1-3H3,(H,23,26). The van der Waals surface area contributed by atoms with Crippen LogP contribution in [0.5, 0.6) is 11.5 Å². The normalized spacial score (nSPS) is 16.0. The van der Waals surface area contributed by atoms with Gasteiger partial charge in [-0.2, -0.15) is 0 Å². The topological polar surface area (TPSA) is 93.9 Å². The van der Waals surface area contributed by atoms with Crippen molar-refractivity contribution in [1.82, 2.24) is 10.2 Å². The smallest absolute Gasteiger partial charge is 0.286 e. The number of piperidine rings is 1. The maximum Gasteiger partial charge on any atom is 0.286 e. The molecule has 1 fully saturated rings. The van der Waals surface area contributed by atoms with Gasteiger partial charge in [0.05, 0.1) is 30.7 Å². The number of carbonyl (C=O) groups is 1. The van der Waals surface area contributed by atoms with Crippen molar-refractivity contribution in [3.8, 4) is 11.5 Å². The van der Waals surface area contributed by atoms with Gasteiger partial charge in [-0.1, -0.05) is 13.0 Å². The van der Waals surface area contributed by atoms with Crippen molar-refractivity contribution >= 4 is 22.9 Å². The lowest BCUT2D eigenvalue weighted by Gasteiger charge is -2.36. The first-order valence-corrected chi connectivity index (χ1v) is 11.4. The van der Waals surface area contributed by atoms with Crippen LogP contribution >= 0.6 is 11.3 Å². The quantitative estimate of drug-likeness (QED) is 0.456. The van der Waals surface area contributed by atoms with Crippen LogP contribution in [0.2, 0.25) is 0 Å². The molecule has 1 amide bonds. The van der Waals surface area contributed by atoms with E-state index >= 15 is 0 Å². The fraction of sp³-hybridized carbons (Fsp3) is 0.500. The van der Waals surface area contributed by atoms with Crippen molar-refractivity contribution in [2.24, 2.45) is 5.92 Å². The van der Waals surface area contributed by atoms with Crippen molar-refractivity contribution in [3.63, 3.8) is 0 Å². The van der Waals surface area contributed by atoms with Gasteiger partial charge in [-0.25, -0.2) is 0 Å². The minimum absolute atomic E-state index is 0.0357. The molecule has 1 atom stereocenters. The van der Waals surface area contributed by atoms with Crippen molar-refractivity contribution in [3.05, 3.63) is 50.2 Å². The predicted octanol–water partition coefficient (Wildman–Crippen LogP) is 4.27. The molecule has 0 aliphatic carbocycles. The molecule has 0 radical (unpaired) electrons. The van der Waals surface area contributed by atoms with Gasteiger partial charge in [-0.05, 0) is 50.2 Å². The number of hydrogen-bond acceptors (Lipinski definition) is 7. The Balaban J connectivity index is 1.82. The number of likely N-dealkylation sites (tertiary alicyclic amines) is 1. The van der Waals surface area contributed by atoms with Gasteiger partial charge in [-0.3, -0.25) is 19.8 Å². The van der Waals surface area contributed by atoms with Gasteiger partial charge < -0.3 is 14.8 Å². The van der Waals surface area contributed by atoms with E-state index in [-0.39, 0.29) is 23.0 Å². The number of nitro benzene ring substituents is 1. The lowest BCUT2D eigenvalue weighted by Crippen LogP contribution is -2.41. The summed E-state index contributed by atoms with van der Waals surface area (Å²) in [7, 11) is 1.41. The van der Waals surface area contributed by atoms with Gasteiger partial charge in [0.25, 0.3) is 11.6 Å². The van der Waals surface area contributed by atoms with E-state index in [4.69, 9.17) is 9.47 Å². The number of nitro groups is 1. The molecule has 1 N–H and O–H groups in total. The molecule has 3 rings (SSSR count). The first-order chi connectivity index (χ1) is 14.9. The molecule has 2 heterocycles. The highest BCUT2D eigenvalue weighted by Gasteiger charge is 2.28. The van der Waals surface area contributed by atoms with Crippen LogP contribution in [0.3, 0.4) is 0 Å². The first-order valence-electron chi connectivity index (χ1n) is 10.5. The number of ether oxygens (including phenoxy) is 2. The number of nitrogens with one attached hydrogen (secondary N) is 1. The van der Waals surface area contributed by atoms with Crippen molar-refractivity contribution in [2.75, 3.05) is 33.4 Å². The van der Waals surface area contributed by atoms with Crippen LogP contribution in [0, 0.1) is 16.0 Å². The summed E-state index contributed by atoms with van der Waals surface area (Å²) >= 11 is 1.66. The number of carbonyl (C=O) groups excluding carboxylic acids is 1. The van der Waals surface area contributed by atoms with Crippen LogP contribution in [0.25, 0.3) is 0 Å². The van der Waals surface area contributed by atoms with Crippen LogP contribution in [-0.2, 0) is 0 Å². The summed E-state index contributed by atoms with van der Waals surface area (Å²) in [6.07, 6.45) is 2.25. The summed E-state index contributed by atoms with van der Waals surface area (Å²) in [6, 6.07) is 6.74. The molecule has 0 bridgehead atoms. The summed E-state index contributed by atoms with van der Waals surface area (Å²) in [5.41, 5.74) is -0.344. The highest BCUT2D eigenvalue weighted by Crippen LogP contribution is 2.35. The Morgan fingerprint density at radius 1 is 1.35 bits per heavy atom. The maximum absolute atomic E-state index is 13.0. The van der Waals surface area contributed by atoms with E-state index in [2.05, 4.69) is 23.2 Å². The van der Waals surface area contributed by atoms with Gasteiger partial charge in [0.2, 0.25) is 0 Å². The maximum atomic E-state index is 13.0. The molecule has 9 heteroatoms. The Labute approximate surface area is 186 Å². The third kappa shape index (κ3) is 5.54. The zero-order chi connectivity index (χ0) is 22.4. The lowest BCUT2D eigenvalue weighted by molar-refractivity contribution is -0.385. The van der Waals surface area contributed by atoms with E-state index in [1.807, 2.05) is 11.4 Å².